The lowest BCUT2D eigenvalue weighted by molar-refractivity contribution is -0.118. The molecule has 0 radical (unpaired) electrons. The van der Waals surface area contributed by atoms with Crippen molar-refractivity contribution < 1.29 is 23.5 Å². The number of hydrogen-bond donors (Lipinski definition) is 2. The second-order valence-electron chi connectivity index (χ2n) is 9.31. The maximum absolute atomic E-state index is 13.7. The number of benzene rings is 3. The van der Waals surface area contributed by atoms with Crippen LogP contribution < -0.4 is 15.4 Å². The van der Waals surface area contributed by atoms with Crippen LogP contribution in [-0.4, -0.2) is 48.0 Å². The molecule has 0 saturated carbocycles. The van der Waals surface area contributed by atoms with E-state index in [-0.39, 0.29) is 17.6 Å². The number of nitrogens with zero attached hydrogens (tertiary/aromatic N) is 2. The van der Waals surface area contributed by atoms with E-state index in [1.54, 1.807) is 60.5 Å². The summed E-state index contributed by atoms with van der Waals surface area (Å²) in [6, 6.07) is 22.0. The van der Waals surface area contributed by atoms with E-state index in [4.69, 9.17) is 14.6 Å². The summed E-state index contributed by atoms with van der Waals surface area (Å²) in [5.41, 5.74) is 2.94. The van der Waals surface area contributed by atoms with Gasteiger partial charge in [-0.15, -0.1) is 0 Å². The lowest BCUT2D eigenvalue weighted by Crippen LogP contribution is -2.38. The maximum atomic E-state index is 13.7. The van der Waals surface area contributed by atoms with E-state index >= 15 is 0 Å². The Kier molecular flexibility index (Phi) is 8.32. The standard InChI is InChI=1S/C31H29FN4O4/c1-39-26-15-11-22(12-16-26)30(37)34-28(31(38)33-19-27-8-5-17-40-27)18-23-20-36(25-6-3-2-4-7-25)35-29(23)21-9-13-24(32)14-10-21/h2-4,6-7,9-16,18,20,27H,5,8,17,19H2,1H3,(H,33,38)(H,34,37)/b28-18-/t27-/m1/s1. The number of carbonyl (C=O) groups is 2. The van der Waals surface area contributed by atoms with Crippen molar-refractivity contribution >= 4 is 17.9 Å². The first kappa shape index (κ1) is 26.8. The van der Waals surface area contributed by atoms with E-state index in [0.29, 0.717) is 41.3 Å². The highest BCUT2D eigenvalue weighted by atomic mass is 19.1. The molecule has 1 saturated heterocycles. The van der Waals surface area contributed by atoms with Gasteiger partial charge in [-0.25, -0.2) is 9.07 Å². The summed E-state index contributed by atoms with van der Waals surface area (Å²) in [4.78, 5) is 26.6. The zero-order chi connectivity index (χ0) is 27.9. The van der Waals surface area contributed by atoms with Crippen molar-refractivity contribution in [2.45, 2.75) is 18.9 Å². The number of aromatic nitrogens is 2. The number of carbonyl (C=O) groups excluding carboxylic acids is 2. The van der Waals surface area contributed by atoms with Crippen LogP contribution in [0, 0.1) is 5.82 Å². The number of nitrogens with one attached hydrogen (secondary N) is 2. The van der Waals surface area contributed by atoms with Crippen LogP contribution >= 0.6 is 0 Å². The van der Waals surface area contributed by atoms with E-state index in [1.165, 1.54) is 12.1 Å². The zero-order valence-electron chi connectivity index (χ0n) is 22.0. The lowest BCUT2D eigenvalue weighted by atomic mass is 10.1. The number of rotatable bonds is 9. The smallest absolute Gasteiger partial charge is 0.267 e. The molecule has 1 atom stereocenters. The third kappa shape index (κ3) is 6.44. The highest BCUT2D eigenvalue weighted by Crippen LogP contribution is 2.26. The fourth-order valence-electron chi connectivity index (χ4n) is 4.40. The van der Waals surface area contributed by atoms with E-state index in [0.717, 1.165) is 18.5 Å². The number of amides is 2. The number of para-hydroxylation sites is 1. The van der Waals surface area contributed by atoms with Crippen LogP contribution in [0.25, 0.3) is 23.0 Å². The molecule has 2 heterocycles. The van der Waals surface area contributed by atoms with Crippen molar-refractivity contribution in [3.8, 4) is 22.7 Å². The zero-order valence-corrected chi connectivity index (χ0v) is 22.0. The Bertz CT molecular complexity index is 1490. The maximum Gasteiger partial charge on any atom is 0.267 e. The molecule has 3 aromatic carbocycles. The molecule has 40 heavy (non-hydrogen) atoms. The van der Waals surface area contributed by atoms with Gasteiger partial charge < -0.3 is 20.1 Å². The van der Waals surface area contributed by atoms with Gasteiger partial charge in [-0.3, -0.25) is 9.59 Å². The number of ether oxygens (including phenoxy) is 2. The SMILES string of the molecule is COc1ccc(C(=O)N/C(=C\c2cn(-c3ccccc3)nc2-c2ccc(F)cc2)C(=O)NC[C@H]2CCCO2)cc1. The predicted molar refractivity (Wildman–Crippen MR) is 149 cm³/mol. The highest BCUT2D eigenvalue weighted by molar-refractivity contribution is 6.05. The summed E-state index contributed by atoms with van der Waals surface area (Å²) < 4.78 is 26.2. The minimum Gasteiger partial charge on any atom is -0.497 e. The summed E-state index contributed by atoms with van der Waals surface area (Å²) in [6.07, 6.45) is 5.07. The Labute approximate surface area is 231 Å². The molecule has 1 aromatic heterocycles. The average Bonchev–Trinajstić information content (AvgIpc) is 3.67. The van der Waals surface area contributed by atoms with Crippen LogP contribution in [0.15, 0.2) is 90.8 Å². The van der Waals surface area contributed by atoms with Gasteiger partial charge in [0.15, 0.2) is 0 Å². The van der Waals surface area contributed by atoms with Gasteiger partial charge in [0.05, 0.1) is 18.9 Å². The van der Waals surface area contributed by atoms with Crippen LogP contribution in [-0.2, 0) is 9.53 Å². The number of halogens is 1. The molecule has 0 aliphatic carbocycles. The van der Waals surface area contributed by atoms with Crippen molar-refractivity contribution in [1.82, 2.24) is 20.4 Å². The van der Waals surface area contributed by atoms with Gasteiger partial charge in [-0.05, 0) is 79.6 Å². The first-order chi connectivity index (χ1) is 19.5. The third-order valence-electron chi connectivity index (χ3n) is 6.54. The van der Waals surface area contributed by atoms with Crippen LogP contribution in [0.2, 0.25) is 0 Å². The first-order valence-corrected chi connectivity index (χ1v) is 13.0. The summed E-state index contributed by atoms with van der Waals surface area (Å²) in [7, 11) is 1.54. The monoisotopic (exact) mass is 540 g/mol. The molecule has 8 nitrogen and oxygen atoms in total. The van der Waals surface area contributed by atoms with Crippen LogP contribution in [0.1, 0.15) is 28.8 Å². The largest absolute Gasteiger partial charge is 0.497 e. The highest BCUT2D eigenvalue weighted by Gasteiger charge is 2.21. The Balaban J connectivity index is 1.52. The topological polar surface area (TPSA) is 94.5 Å². The minimum atomic E-state index is -0.463. The summed E-state index contributed by atoms with van der Waals surface area (Å²) in [6.45, 7) is 0.986. The molecule has 204 valence electrons. The normalized spacial score (nSPS) is 15.1. The Hall–Kier alpha value is -4.76. The van der Waals surface area contributed by atoms with Gasteiger partial charge in [-0.1, -0.05) is 18.2 Å². The molecule has 0 spiro atoms. The number of methoxy groups -OCH3 is 1. The predicted octanol–water partition coefficient (Wildman–Crippen LogP) is 4.75. The summed E-state index contributed by atoms with van der Waals surface area (Å²) in [5, 5.41) is 10.4. The molecule has 0 bridgehead atoms. The minimum absolute atomic E-state index is 0.0368. The second-order valence-corrected chi connectivity index (χ2v) is 9.31. The van der Waals surface area contributed by atoms with Gasteiger partial charge >= 0.3 is 0 Å². The quantitative estimate of drug-likeness (QED) is 0.299. The first-order valence-electron chi connectivity index (χ1n) is 13.0. The Morgan fingerprint density at radius 3 is 2.50 bits per heavy atom. The van der Waals surface area contributed by atoms with E-state index in [1.807, 2.05) is 30.3 Å². The molecular formula is C31H29FN4O4. The van der Waals surface area contributed by atoms with E-state index < -0.39 is 11.8 Å². The summed E-state index contributed by atoms with van der Waals surface area (Å²) >= 11 is 0. The van der Waals surface area contributed by atoms with Crippen LogP contribution in [0.3, 0.4) is 0 Å². The van der Waals surface area contributed by atoms with Gasteiger partial charge in [0, 0.05) is 36.0 Å². The van der Waals surface area contributed by atoms with Gasteiger partial charge in [-0.2, -0.15) is 5.10 Å². The molecular weight excluding hydrogens is 511 g/mol. The molecule has 1 fully saturated rings. The summed E-state index contributed by atoms with van der Waals surface area (Å²) in [5.74, 6) is -0.682. The Morgan fingerprint density at radius 2 is 1.82 bits per heavy atom. The lowest BCUT2D eigenvalue weighted by Gasteiger charge is -2.14. The molecule has 2 amide bonds. The van der Waals surface area contributed by atoms with Crippen molar-refractivity contribution in [2.24, 2.45) is 0 Å². The molecule has 2 N–H and O–H groups in total. The van der Waals surface area contributed by atoms with Crippen molar-refractivity contribution in [3.05, 3.63) is 108 Å². The molecule has 1 aliphatic rings. The van der Waals surface area contributed by atoms with Gasteiger partial charge in [0.1, 0.15) is 23.0 Å². The molecule has 4 aromatic rings. The van der Waals surface area contributed by atoms with E-state index in [2.05, 4.69) is 10.6 Å². The fourth-order valence-corrected chi connectivity index (χ4v) is 4.40. The van der Waals surface area contributed by atoms with E-state index in [9.17, 15) is 14.0 Å². The molecule has 9 heteroatoms. The molecule has 0 unspecified atom stereocenters. The van der Waals surface area contributed by atoms with Gasteiger partial charge in [0.25, 0.3) is 11.8 Å². The molecule has 1 aliphatic heterocycles. The average molecular weight is 541 g/mol. The number of hydrogen-bond acceptors (Lipinski definition) is 5. The van der Waals surface area contributed by atoms with Crippen molar-refractivity contribution in [2.75, 3.05) is 20.3 Å². The Morgan fingerprint density at radius 1 is 1.07 bits per heavy atom. The molecule has 5 rings (SSSR count). The van der Waals surface area contributed by atoms with Crippen LogP contribution in [0.5, 0.6) is 5.75 Å². The van der Waals surface area contributed by atoms with Crippen molar-refractivity contribution in [3.63, 3.8) is 0 Å². The third-order valence-corrected chi connectivity index (χ3v) is 6.54. The van der Waals surface area contributed by atoms with Crippen LogP contribution in [0.4, 0.5) is 4.39 Å². The van der Waals surface area contributed by atoms with Gasteiger partial charge in [0.2, 0.25) is 0 Å². The second kappa shape index (κ2) is 12.4. The van der Waals surface area contributed by atoms with Crippen molar-refractivity contribution in [1.29, 1.82) is 0 Å². The fraction of sp³-hybridized carbons (Fsp3) is 0.194.